The number of nitro groups is 1. The molecule has 0 unspecified atom stereocenters. The van der Waals surface area contributed by atoms with Gasteiger partial charge in [0.05, 0.1) is 10.6 Å². The Morgan fingerprint density at radius 1 is 1.23 bits per heavy atom. The van der Waals surface area contributed by atoms with Crippen molar-refractivity contribution in [2.75, 3.05) is 11.9 Å². The zero-order valence-electron chi connectivity index (χ0n) is 13.2. The molecule has 3 aromatic rings. The fourth-order valence-corrected chi connectivity index (χ4v) is 2.85. The monoisotopic (exact) mass is 373 g/mol. The minimum atomic E-state index is -0.580. The summed E-state index contributed by atoms with van der Waals surface area (Å²) in [7, 11) is 0. The molecular formula is C17H12FN3O4S. The Morgan fingerprint density at radius 2 is 1.96 bits per heavy atom. The number of nitrogens with one attached hydrogen (secondary N) is 1. The molecule has 0 spiro atoms. The van der Waals surface area contributed by atoms with Gasteiger partial charge in [0.25, 0.3) is 5.91 Å². The molecule has 3 rings (SSSR count). The number of hydrogen-bond acceptors (Lipinski definition) is 6. The van der Waals surface area contributed by atoms with Crippen molar-refractivity contribution >= 4 is 28.1 Å². The molecular weight excluding hydrogens is 361 g/mol. The van der Waals surface area contributed by atoms with Crippen LogP contribution in [0.5, 0.6) is 5.75 Å². The predicted octanol–water partition coefficient (Wildman–Crippen LogP) is 3.87. The number of rotatable bonds is 6. The normalized spacial score (nSPS) is 10.3. The average molecular weight is 373 g/mol. The number of nitro benzene ring substituents is 1. The van der Waals surface area contributed by atoms with Crippen molar-refractivity contribution < 1.29 is 18.8 Å². The first kappa shape index (κ1) is 17.5. The smallest absolute Gasteiger partial charge is 0.310 e. The lowest BCUT2D eigenvalue weighted by Crippen LogP contribution is -2.20. The van der Waals surface area contributed by atoms with Crippen molar-refractivity contribution in [3.63, 3.8) is 0 Å². The first-order valence-corrected chi connectivity index (χ1v) is 8.28. The van der Waals surface area contributed by atoms with Crippen LogP contribution < -0.4 is 10.1 Å². The van der Waals surface area contributed by atoms with Crippen LogP contribution in [0.15, 0.2) is 53.9 Å². The van der Waals surface area contributed by atoms with Crippen LogP contribution in [0.4, 0.5) is 15.2 Å². The van der Waals surface area contributed by atoms with Crippen LogP contribution >= 0.6 is 11.3 Å². The number of anilines is 1. The van der Waals surface area contributed by atoms with E-state index < -0.39 is 17.4 Å². The van der Waals surface area contributed by atoms with Crippen LogP contribution in [-0.4, -0.2) is 22.4 Å². The summed E-state index contributed by atoms with van der Waals surface area (Å²) in [6, 6.07) is 11.6. The van der Waals surface area contributed by atoms with Gasteiger partial charge in [0.15, 0.2) is 17.5 Å². The van der Waals surface area contributed by atoms with Crippen LogP contribution in [0.2, 0.25) is 0 Å². The number of aromatic nitrogens is 1. The molecule has 0 aliphatic carbocycles. The minimum Gasteiger partial charge on any atom is -0.477 e. The third-order valence-electron chi connectivity index (χ3n) is 3.31. The van der Waals surface area contributed by atoms with Crippen molar-refractivity contribution in [2.24, 2.45) is 0 Å². The Kier molecular flexibility index (Phi) is 5.18. The Labute approximate surface area is 151 Å². The second-order valence-electron chi connectivity index (χ2n) is 5.11. The lowest BCUT2D eigenvalue weighted by atomic mass is 10.2. The van der Waals surface area contributed by atoms with Gasteiger partial charge in [0.1, 0.15) is 5.82 Å². The van der Waals surface area contributed by atoms with Gasteiger partial charge in [-0.05, 0) is 30.3 Å². The largest absolute Gasteiger partial charge is 0.477 e. The fourth-order valence-electron chi connectivity index (χ4n) is 2.11. The first-order valence-electron chi connectivity index (χ1n) is 7.40. The molecule has 0 saturated carbocycles. The van der Waals surface area contributed by atoms with Gasteiger partial charge in [-0.1, -0.05) is 12.1 Å². The van der Waals surface area contributed by atoms with Crippen molar-refractivity contribution in [1.29, 1.82) is 0 Å². The lowest BCUT2D eigenvalue weighted by Gasteiger charge is -2.06. The second kappa shape index (κ2) is 7.70. The maximum atomic E-state index is 13.0. The summed E-state index contributed by atoms with van der Waals surface area (Å²) in [5, 5.41) is 15.5. The van der Waals surface area contributed by atoms with E-state index in [1.807, 2.05) is 0 Å². The Hall–Kier alpha value is -3.33. The summed E-state index contributed by atoms with van der Waals surface area (Å²) >= 11 is 1.21. The van der Waals surface area contributed by atoms with E-state index in [9.17, 15) is 19.3 Å². The summed E-state index contributed by atoms with van der Waals surface area (Å²) in [5.41, 5.74) is 1.11. The highest BCUT2D eigenvalue weighted by molar-refractivity contribution is 7.14. The fraction of sp³-hybridized carbons (Fsp3) is 0.0588. The van der Waals surface area contributed by atoms with Crippen molar-refractivity contribution in [2.45, 2.75) is 0 Å². The van der Waals surface area contributed by atoms with Crippen molar-refractivity contribution in [3.05, 3.63) is 69.8 Å². The minimum absolute atomic E-state index is 0.0128. The van der Waals surface area contributed by atoms with Crippen LogP contribution in [-0.2, 0) is 4.79 Å². The molecule has 0 aliphatic heterocycles. The van der Waals surface area contributed by atoms with Crippen LogP contribution in [0.3, 0.4) is 0 Å². The van der Waals surface area contributed by atoms with E-state index in [4.69, 9.17) is 4.74 Å². The highest BCUT2D eigenvalue weighted by Crippen LogP contribution is 2.27. The number of nitrogens with zero attached hydrogens (tertiary/aromatic N) is 2. The standard InChI is InChI=1S/C17H12FN3O4S/c18-12-7-5-11(6-8-12)13-10-26-17(19-13)20-16(22)9-25-15-4-2-1-3-14(15)21(23)24/h1-8,10H,9H2,(H,19,20,22). The third kappa shape index (κ3) is 4.19. The van der Waals surface area contributed by atoms with Gasteiger partial charge < -0.3 is 4.74 Å². The number of benzene rings is 2. The lowest BCUT2D eigenvalue weighted by molar-refractivity contribution is -0.385. The molecule has 1 aromatic heterocycles. The van der Waals surface area contributed by atoms with Crippen molar-refractivity contribution in [1.82, 2.24) is 4.98 Å². The maximum absolute atomic E-state index is 13.0. The molecule has 0 atom stereocenters. The maximum Gasteiger partial charge on any atom is 0.310 e. The molecule has 0 bridgehead atoms. The van der Waals surface area contributed by atoms with Gasteiger partial charge in [-0.3, -0.25) is 20.2 Å². The van der Waals surface area contributed by atoms with E-state index in [1.54, 1.807) is 23.6 Å². The van der Waals surface area contributed by atoms with Crippen LogP contribution in [0.25, 0.3) is 11.3 Å². The Morgan fingerprint density at radius 3 is 2.69 bits per heavy atom. The number of halogens is 1. The Bertz CT molecular complexity index is 943. The average Bonchev–Trinajstić information content (AvgIpc) is 3.09. The van der Waals surface area contributed by atoms with E-state index in [2.05, 4.69) is 10.3 Å². The SMILES string of the molecule is O=C(COc1ccccc1[N+](=O)[O-])Nc1nc(-c2ccc(F)cc2)cs1. The molecule has 132 valence electrons. The van der Waals surface area contributed by atoms with Gasteiger partial charge >= 0.3 is 5.69 Å². The molecule has 0 aliphatic rings. The van der Waals surface area contributed by atoms with Crippen molar-refractivity contribution in [3.8, 4) is 17.0 Å². The molecule has 1 N–H and O–H groups in total. The second-order valence-corrected chi connectivity index (χ2v) is 5.96. The van der Waals surface area contributed by atoms with Crippen LogP contribution in [0, 0.1) is 15.9 Å². The van der Waals surface area contributed by atoms with Crippen LogP contribution in [0.1, 0.15) is 0 Å². The highest BCUT2D eigenvalue weighted by Gasteiger charge is 2.15. The highest BCUT2D eigenvalue weighted by atomic mass is 32.1. The van der Waals surface area contributed by atoms with Gasteiger partial charge in [-0.2, -0.15) is 0 Å². The molecule has 26 heavy (non-hydrogen) atoms. The number of amides is 1. The molecule has 7 nitrogen and oxygen atoms in total. The van der Waals surface area contributed by atoms with Gasteiger partial charge in [-0.25, -0.2) is 9.37 Å². The summed E-state index contributed by atoms with van der Waals surface area (Å²) in [5.74, 6) is -0.827. The first-order chi connectivity index (χ1) is 12.5. The summed E-state index contributed by atoms with van der Waals surface area (Å²) < 4.78 is 18.2. The van der Waals surface area contributed by atoms with E-state index >= 15 is 0 Å². The summed E-state index contributed by atoms with van der Waals surface area (Å²) in [6.07, 6.45) is 0. The van der Waals surface area contributed by atoms with E-state index in [0.717, 1.165) is 5.56 Å². The Balaban J connectivity index is 1.61. The molecule has 0 fully saturated rings. The zero-order valence-corrected chi connectivity index (χ0v) is 14.0. The van der Waals surface area contributed by atoms with E-state index in [-0.39, 0.29) is 17.3 Å². The number of carbonyl (C=O) groups is 1. The zero-order chi connectivity index (χ0) is 18.5. The third-order valence-corrected chi connectivity index (χ3v) is 4.07. The number of ether oxygens (including phenoxy) is 1. The topological polar surface area (TPSA) is 94.4 Å². The quantitative estimate of drug-likeness (QED) is 0.523. The molecule has 0 saturated heterocycles. The molecule has 1 amide bonds. The molecule has 2 aromatic carbocycles. The van der Waals surface area contributed by atoms with Gasteiger partial charge in [0.2, 0.25) is 0 Å². The predicted molar refractivity (Wildman–Crippen MR) is 94.7 cm³/mol. The van der Waals surface area contributed by atoms with Gasteiger partial charge in [0, 0.05) is 17.0 Å². The van der Waals surface area contributed by atoms with Gasteiger partial charge in [-0.15, -0.1) is 11.3 Å². The van der Waals surface area contributed by atoms with E-state index in [0.29, 0.717) is 10.8 Å². The molecule has 1 heterocycles. The summed E-state index contributed by atoms with van der Waals surface area (Å²) in [6.45, 7) is -0.393. The number of thiazole rings is 1. The molecule has 0 radical (unpaired) electrons. The molecule has 9 heteroatoms. The van der Waals surface area contributed by atoms with E-state index in [1.165, 1.54) is 41.7 Å². The summed E-state index contributed by atoms with van der Waals surface area (Å²) in [4.78, 5) is 26.5. The number of para-hydroxylation sites is 2. The number of carbonyl (C=O) groups excluding carboxylic acids is 1. The number of hydrogen-bond donors (Lipinski definition) is 1.